The van der Waals surface area contributed by atoms with Gasteiger partial charge < -0.3 is 9.64 Å². The third kappa shape index (κ3) is 3.41. The lowest BCUT2D eigenvalue weighted by molar-refractivity contribution is 0.0711. The summed E-state index contributed by atoms with van der Waals surface area (Å²) in [7, 11) is -3.19. The fourth-order valence-electron chi connectivity index (χ4n) is 3.01. The van der Waals surface area contributed by atoms with Crippen LogP contribution in [0.15, 0.2) is 18.2 Å². The number of likely N-dealkylation sites (tertiary alicyclic amines) is 1. The molecule has 0 saturated carbocycles. The van der Waals surface area contributed by atoms with Gasteiger partial charge in [0.15, 0.2) is 0 Å². The molecule has 0 bridgehead atoms. The summed E-state index contributed by atoms with van der Waals surface area (Å²) in [6.45, 7) is 1.81. The van der Waals surface area contributed by atoms with E-state index in [2.05, 4.69) is 4.72 Å². The highest BCUT2D eigenvalue weighted by Gasteiger charge is 2.26. The summed E-state index contributed by atoms with van der Waals surface area (Å²) < 4.78 is 30.5. The van der Waals surface area contributed by atoms with E-state index in [-0.39, 0.29) is 11.9 Å². The molecule has 2 heterocycles. The fourth-order valence-corrected chi connectivity index (χ4v) is 3.85. The van der Waals surface area contributed by atoms with E-state index in [1.165, 1.54) is 0 Å². The van der Waals surface area contributed by atoms with Crippen molar-refractivity contribution in [3.8, 4) is 5.75 Å². The molecular formula is C15H20N2O4S. The Morgan fingerprint density at radius 2 is 2.05 bits per heavy atom. The number of benzene rings is 1. The molecule has 0 aliphatic carbocycles. The van der Waals surface area contributed by atoms with Gasteiger partial charge in [0.05, 0.1) is 12.9 Å². The molecule has 0 atom stereocenters. The monoisotopic (exact) mass is 324 g/mol. The number of nitrogens with zero attached hydrogens (tertiary/aromatic N) is 1. The number of rotatable bonds is 3. The number of carbonyl (C=O) groups excluding carboxylic acids is 1. The minimum absolute atomic E-state index is 0.00695. The lowest BCUT2D eigenvalue weighted by atomic mass is 10.0. The maximum absolute atomic E-state index is 12.5. The Labute approximate surface area is 130 Å². The molecule has 6 nitrogen and oxygen atoms in total. The van der Waals surface area contributed by atoms with Crippen molar-refractivity contribution in [2.75, 3.05) is 26.0 Å². The fraction of sp³-hybridized carbons (Fsp3) is 0.533. The minimum atomic E-state index is -3.19. The third-order valence-corrected chi connectivity index (χ3v) is 4.86. The van der Waals surface area contributed by atoms with Gasteiger partial charge >= 0.3 is 0 Å². The number of sulfonamides is 1. The maximum Gasteiger partial charge on any atom is 0.253 e. The van der Waals surface area contributed by atoms with Crippen molar-refractivity contribution >= 4 is 15.9 Å². The SMILES string of the molecule is CS(=O)(=O)NC1CCN(C(=O)c2ccc3c(c2)CCO3)CC1. The molecular weight excluding hydrogens is 304 g/mol. The van der Waals surface area contributed by atoms with E-state index in [0.29, 0.717) is 38.1 Å². The van der Waals surface area contributed by atoms with E-state index in [0.717, 1.165) is 24.0 Å². The van der Waals surface area contributed by atoms with E-state index in [9.17, 15) is 13.2 Å². The Hall–Kier alpha value is -1.60. The summed E-state index contributed by atoms with van der Waals surface area (Å²) in [6.07, 6.45) is 3.30. The van der Waals surface area contributed by atoms with Crippen LogP contribution in [0.25, 0.3) is 0 Å². The quantitative estimate of drug-likeness (QED) is 0.891. The second-order valence-electron chi connectivity index (χ2n) is 5.88. The van der Waals surface area contributed by atoms with Gasteiger partial charge in [-0.2, -0.15) is 0 Å². The summed E-state index contributed by atoms with van der Waals surface area (Å²) in [6, 6.07) is 5.49. The van der Waals surface area contributed by atoms with E-state index < -0.39 is 10.0 Å². The number of piperidine rings is 1. The molecule has 1 aromatic rings. The van der Waals surface area contributed by atoms with Crippen molar-refractivity contribution < 1.29 is 17.9 Å². The molecule has 1 amide bonds. The standard InChI is InChI=1S/C15H20N2O4S/c1-22(19,20)16-13-4-7-17(8-5-13)15(18)12-2-3-14-11(10-12)6-9-21-14/h2-3,10,13,16H,4-9H2,1H3. The molecule has 2 aliphatic heterocycles. The third-order valence-electron chi connectivity index (χ3n) is 4.10. The van der Waals surface area contributed by atoms with Crippen LogP contribution in [-0.2, 0) is 16.4 Å². The van der Waals surface area contributed by atoms with Gasteiger partial charge in [0, 0.05) is 31.1 Å². The molecule has 120 valence electrons. The predicted octanol–water partition coefficient (Wildman–Crippen LogP) is 0.775. The van der Waals surface area contributed by atoms with Crippen LogP contribution in [-0.4, -0.2) is 51.2 Å². The molecule has 1 aromatic carbocycles. The molecule has 3 rings (SSSR count). The average molecular weight is 324 g/mol. The van der Waals surface area contributed by atoms with Gasteiger partial charge in [-0.05, 0) is 36.6 Å². The Bertz CT molecular complexity index is 679. The van der Waals surface area contributed by atoms with Gasteiger partial charge in [-0.1, -0.05) is 0 Å². The number of nitrogens with one attached hydrogen (secondary N) is 1. The van der Waals surface area contributed by atoms with Crippen LogP contribution < -0.4 is 9.46 Å². The van der Waals surface area contributed by atoms with Crippen LogP contribution in [0, 0.1) is 0 Å². The molecule has 0 aromatic heterocycles. The number of fused-ring (bicyclic) bond motifs is 1. The highest BCUT2D eigenvalue weighted by Crippen LogP contribution is 2.26. The zero-order valence-corrected chi connectivity index (χ0v) is 13.4. The second kappa shape index (κ2) is 5.89. The summed E-state index contributed by atoms with van der Waals surface area (Å²) in [5.41, 5.74) is 1.76. The molecule has 1 N–H and O–H groups in total. The molecule has 0 unspecified atom stereocenters. The average Bonchev–Trinajstić information content (AvgIpc) is 2.93. The normalized spacial score (nSPS) is 18.9. The highest BCUT2D eigenvalue weighted by atomic mass is 32.2. The molecule has 1 saturated heterocycles. The van der Waals surface area contributed by atoms with Crippen LogP contribution in [0.3, 0.4) is 0 Å². The van der Waals surface area contributed by atoms with Crippen molar-refractivity contribution in [3.63, 3.8) is 0 Å². The van der Waals surface area contributed by atoms with Crippen molar-refractivity contribution in [1.29, 1.82) is 0 Å². The molecule has 22 heavy (non-hydrogen) atoms. The maximum atomic E-state index is 12.5. The van der Waals surface area contributed by atoms with Gasteiger partial charge in [0.2, 0.25) is 10.0 Å². The Morgan fingerprint density at radius 1 is 1.32 bits per heavy atom. The first-order valence-corrected chi connectivity index (χ1v) is 9.34. The van der Waals surface area contributed by atoms with Crippen LogP contribution in [0.4, 0.5) is 0 Å². The van der Waals surface area contributed by atoms with Gasteiger partial charge in [0.1, 0.15) is 5.75 Å². The Morgan fingerprint density at radius 3 is 2.73 bits per heavy atom. The summed E-state index contributed by atoms with van der Waals surface area (Å²) >= 11 is 0. The van der Waals surface area contributed by atoms with E-state index >= 15 is 0 Å². The van der Waals surface area contributed by atoms with Crippen LogP contribution in [0.5, 0.6) is 5.75 Å². The van der Waals surface area contributed by atoms with E-state index in [1.807, 2.05) is 12.1 Å². The van der Waals surface area contributed by atoms with Gasteiger partial charge in [-0.25, -0.2) is 13.1 Å². The van der Waals surface area contributed by atoms with Crippen molar-refractivity contribution in [2.24, 2.45) is 0 Å². The first-order valence-electron chi connectivity index (χ1n) is 7.45. The van der Waals surface area contributed by atoms with Crippen molar-refractivity contribution in [2.45, 2.75) is 25.3 Å². The van der Waals surface area contributed by atoms with Crippen molar-refractivity contribution in [1.82, 2.24) is 9.62 Å². The smallest absolute Gasteiger partial charge is 0.253 e. The van der Waals surface area contributed by atoms with Crippen LogP contribution in [0.1, 0.15) is 28.8 Å². The molecule has 0 radical (unpaired) electrons. The molecule has 7 heteroatoms. The molecule has 0 spiro atoms. The lowest BCUT2D eigenvalue weighted by Crippen LogP contribution is -2.46. The minimum Gasteiger partial charge on any atom is -0.493 e. The zero-order valence-electron chi connectivity index (χ0n) is 12.5. The topological polar surface area (TPSA) is 75.7 Å². The number of carbonyl (C=O) groups is 1. The predicted molar refractivity (Wildman–Crippen MR) is 82.5 cm³/mol. The van der Waals surface area contributed by atoms with Crippen LogP contribution >= 0.6 is 0 Å². The Kier molecular flexibility index (Phi) is 4.10. The van der Waals surface area contributed by atoms with Gasteiger partial charge in [-0.3, -0.25) is 4.79 Å². The van der Waals surface area contributed by atoms with Gasteiger partial charge in [0.25, 0.3) is 5.91 Å². The lowest BCUT2D eigenvalue weighted by Gasteiger charge is -2.32. The molecule has 1 fully saturated rings. The number of ether oxygens (including phenoxy) is 1. The Balaban J connectivity index is 1.62. The first-order chi connectivity index (χ1) is 10.4. The van der Waals surface area contributed by atoms with E-state index in [4.69, 9.17) is 4.74 Å². The summed E-state index contributed by atoms with van der Waals surface area (Å²) in [4.78, 5) is 14.3. The van der Waals surface area contributed by atoms with Crippen molar-refractivity contribution in [3.05, 3.63) is 29.3 Å². The van der Waals surface area contributed by atoms with Gasteiger partial charge in [-0.15, -0.1) is 0 Å². The largest absolute Gasteiger partial charge is 0.493 e. The number of hydrogen-bond acceptors (Lipinski definition) is 4. The summed E-state index contributed by atoms with van der Waals surface area (Å²) in [5.74, 6) is 0.875. The van der Waals surface area contributed by atoms with Crippen LogP contribution in [0.2, 0.25) is 0 Å². The first kappa shape index (κ1) is 15.3. The number of hydrogen-bond donors (Lipinski definition) is 1. The zero-order chi connectivity index (χ0) is 15.7. The molecule has 2 aliphatic rings. The highest BCUT2D eigenvalue weighted by molar-refractivity contribution is 7.88. The van der Waals surface area contributed by atoms with E-state index in [1.54, 1.807) is 11.0 Å². The number of amides is 1. The summed E-state index contributed by atoms with van der Waals surface area (Å²) in [5, 5.41) is 0. The second-order valence-corrected chi connectivity index (χ2v) is 7.66.